The molecule has 0 saturated heterocycles. The van der Waals surface area contributed by atoms with Crippen molar-refractivity contribution >= 4 is 29.5 Å². The van der Waals surface area contributed by atoms with Crippen molar-refractivity contribution in [1.29, 1.82) is 0 Å². The van der Waals surface area contributed by atoms with Gasteiger partial charge in [0.2, 0.25) is 0 Å². The molecule has 0 spiro atoms. The summed E-state index contributed by atoms with van der Waals surface area (Å²) in [6.07, 6.45) is -1.74. The zero-order chi connectivity index (χ0) is 10.3. The van der Waals surface area contributed by atoms with Crippen molar-refractivity contribution in [3.8, 4) is 0 Å². The standard InChI is InChI=1S/2C3H6O3.Ge.2H2O/c2*1-2(4)3(5)6;;;/h2*2,4H,1H3,(H,5,6);;2*1H2/p+4. The van der Waals surface area contributed by atoms with Crippen molar-refractivity contribution in [2.24, 2.45) is 0 Å². The van der Waals surface area contributed by atoms with E-state index in [1.165, 1.54) is 13.8 Å². The predicted molar refractivity (Wildman–Crippen MR) is 56.4 cm³/mol. The second-order valence-electron chi connectivity index (χ2n) is 2.17. The summed E-state index contributed by atoms with van der Waals surface area (Å²) in [5.74, 6) is -1.65. The Morgan fingerprint density at radius 3 is 0.933 bits per heavy atom. The van der Waals surface area contributed by atoms with Gasteiger partial charge >= 0.3 is 24.1 Å². The molecule has 0 heterocycles. The number of rotatable bonds is 2. The molecule has 12 N–H and O–H groups in total. The second-order valence-corrected chi connectivity index (χ2v) is 2.17. The van der Waals surface area contributed by atoms with E-state index in [0.717, 1.165) is 0 Å². The fourth-order valence-corrected chi connectivity index (χ4v) is 0. The first kappa shape index (κ1) is 29.3. The average Bonchev–Trinajstić information content (AvgIpc) is 1.88. The zero-order valence-electron chi connectivity index (χ0n) is 8.47. The Morgan fingerprint density at radius 1 is 0.867 bits per heavy atom. The Hall–Kier alpha value is -0.677. The van der Waals surface area contributed by atoms with Crippen LogP contribution in [-0.2, 0) is 9.59 Å². The topological polar surface area (TPSA) is 189 Å². The number of carbonyl (C=O) groups is 2. The van der Waals surface area contributed by atoms with Crippen LogP contribution in [0.25, 0.3) is 0 Å². The fraction of sp³-hybridized carbons (Fsp3) is 0.667. The predicted octanol–water partition coefficient (Wildman–Crippen LogP) is -5.33. The zero-order valence-corrected chi connectivity index (χ0v) is 10.6. The van der Waals surface area contributed by atoms with Gasteiger partial charge in [0.25, 0.3) is 0 Å². The summed E-state index contributed by atoms with van der Waals surface area (Å²) in [5.41, 5.74) is 0. The summed E-state index contributed by atoms with van der Waals surface area (Å²) in [5, 5.41) is 25.4. The van der Waals surface area contributed by atoms with Gasteiger partial charge in [-0.2, -0.15) is 0 Å². The molecule has 9 heteroatoms. The molecule has 0 aliphatic carbocycles. The quantitative estimate of drug-likeness (QED) is 0.363. The number of carbonyl (C=O) groups excluding carboxylic acids is 2. The third-order valence-electron chi connectivity index (χ3n) is 0.787. The van der Waals surface area contributed by atoms with E-state index < -0.39 is 24.1 Å². The molecule has 0 amide bonds. The molecule has 0 aliphatic rings. The third-order valence-corrected chi connectivity index (χ3v) is 0.787. The number of hydrogen-bond donors (Lipinski definition) is 0. The van der Waals surface area contributed by atoms with E-state index in [4.69, 9.17) is 20.4 Å². The fourth-order valence-electron chi connectivity index (χ4n) is 0. The van der Waals surface area contributed by atoms with E-state index in [1.54, 1.807) is 0 Å². The molecular weight excluding hydrogens is 273 g/mol. The Bertz CT molecular complexity index is 139. The largest absolute Gasteiger partial charge is 0.595 e. The van der Waals surface area contributed by atoms with Gasteiger partial charge in [0.05, 0.1) is 9.59 Å². The smallest absolute Gasteiger partial charge is 0.559 e. The molecule has 8 nitrogen and oxygen atoms in total. The average molecular weight is 293 g/mol. The summed E-state index contributed by atoms with van der Waals surface area (Å²) in [4.78, 5) is 19.2. The van der Waals surface area contributed by atoms with Crippen LogP contribution in [0.1, 0.15) is 13.8 Å². The summed E-state index contributed by atoms with van der Waals surface area (Å²) >= 11 is 0. The van der Waals surface area contributed by atoms with Gasteiger partial charge in [0.15, 0.2) is 0 Å². The number of hydrogen-bond acceptors (Lipinski definition) is 2. The minimum atomic E-state index is -0.870. The van der Waals surface area contributed by atoms with Gasteiger partial charge in [-0.05, 0) is 0 Å². The Labute approximate surface area is 97.1 Å². The van der Waals surface area contributed by atoms with E-state index >= 15 is 0 Å². The van der Waals surface area contributed by atoms with Crippen LogP contribution in [0, 0.1) is 0 Å². The van der Waals surface area contributed by atoms with Gasteiger partial charge < -0.3 is 31.4 Å². The maximum atomic E-state index is 9.62. The van der Waals surface area contributed by atoms with Crippen molar-refractivity contribution in [2.45, 2.75) is 26.1 Å². The van der Waals surface area contributed by atoms with E-state index in [0.29, 0.717) is 0 Å². The van der Waals surface area contributed by atoms with Crippen LogP contribution in [-0.4, -0.2) is 73.1 Å². The molecule has 0 bridgehead atoms. The van der Waals surface area contributed by atoms with Crippen LogP contribution in [0.5, 0.6) is 0 Å². The van der Waals surface area contributed by atoms with Crippen LogP contribution in [0.4, 0.5) is 0 Å². The minimum absolute atomic E-state index is 0. The molecule has 2 unspecified atom stereocenters. The second kappa shape index (κ2) is 15.8. The van der Waals surface area contributed by atoms with Crippen molar-refractivity contribution in [3.05, 3.63) is 0 Å². The molecule has 0 rings (SSSR count). The van der Waals surface area contributed by atoms with Crippen molar-refractivity contribution in [3.63, 3.8) is 0 Å². The van der Waals surface area contributed by atoms with Crippen LogP contribution in [0.2, 0.25) is 0 Å². The first-order chi connectivity index (χ1) is 5.29. The molecule has 0 aromatic carbocycles. The Kier molecular flexibility index (Phi) is 30.8. The van der Waals surface area contributed by atoms with Gasteiger partial charge in [-0.25, -0.2) is 0 Å². The van der Waals surface area contributed by atoms with Gasteiger partial charge in [-0.3, -0.25) is 0 Å². The maximum absolute atomic E-state index is 9.62. The molecule has 0 aromatic rings. The van der Waals surface area contributed by atoms with Gasteiger partial charge in [-0.15, -0.1) is 0 Å². The molecule has 2 atom stereocenters. The molecule has 4 radical (unpaired) electrons. The van der Waals surface area contributed by atoms with Gasteiger partial charge in [0, 0.05) is 31.4 Å². The minimum Gasteiger partial charge on any atom is -0.559 e. The monoisotopic (exact) mass is 294 g/mol. The van der Waals surface area contributed by atoms with Crippen LogP contribution in [0.15, 0.2) is 0 Å². The summed E-state index contributed by atoms with van der Waals surface area (Å²) in [6.45, 7) is 2.74. The summed E-state index contributed by atoms with van der Waals surface area (Å²) in [6, 6.07) is 0. The van der Waals surface area contributed by atoms with Crippen LogP contribution in [0.3, 0.4) is 0 Å². The molecule has 0 aliphatic heterocycles. The van der Waals surface area contributed by atoms with E-state index in [9.17, 15) is 9.59 Å². The maximum Gasteiger partial charge on any atom is 0.595 e. The summed E-state index contributed by atoms with van der Waals surface area (Å²) < 4.78 is 0. The first-order valence-corrected chi connectivity index (χ1v) is 3.22. The molecule has 0 fully saturated rings. The molecular formula is C6H20GeO8+4. The molecule has 0 saturated carbocycles. The van der Waals surface area contributed by atoms with Crippen LogP contribution < -0.4 is 0 Å². The molecule has 15 heavy (non-hydrogen) atoms. The van der Waals surface area contributed by atoms with E-state index in [-0.39, 0.29) is 28.5 Å². The van der Waals surface area contributed by atoms with E-state index in [1.807, 2.05) is 0 Å². The van der Waals surface area contributed by atoms with Gasteiger partial charge in [0.1, 0.15) is 0 Å². The Balaban J connectivity index is -0.0000000370. The third kappa shape index (κ3) is 31.9. The van der Waals surface area contributed by atoms with Crippen LogP contribution >= 0.6 is 0 Å². The first-order valence-electron chi connectivity index (χ1n) is 3.22. The molecule has 92 valence electrons. The van der Waals surface area contributed by atoms with Crippen molar-refractivity contribution in [2.75, 3.05) is 0 Å². The van der Waals surface area contributed by atoms with Crippen molar-refractivity contribution < 1.29 is 41.0 Å². The van der Waals surface area contributed by atoms with Gasteiger partial charge in [-0.1, -0.05) is 0 Å². The SMILES string of the molecule is CC([OH2+])C(=O)[OH2+].CC([OH2+])C(=O)[OH2+].O.O.[Ge]. The van der Waals surface area contributed by atoms with Crippen molar-refractivity contribution in [1.82, 2.24) is 0 Å². The molecule has 0 aromatic heterocycles. The van der Waals surface area contributed by atoms with E-state index in [2.05, 4.69) is 0 Å². The summed E-state index contributed by atoms with van der Waals surface area (Å²) in [7, 11) is 0. The Morgan fingerprint density at radius 2 is 0.933 bits per heavy atom. The normalized spacial score (nSPS) is 10.9.